The number of hydrogen-bond donors (Lipinski definition) is 1. The van der Waals surface area contributed by atoms with Gasteiger partial charge in [0.25, 0.3) is 21.9 Å². The summed E-state index contributed by atoms with van der Waals surface area (Å²) in [4.78, 5) is 3.89. The summed E-state index contributed by atoms with van der Waals surface area (Å²) >= 11 is 1.10. The average Bonchev–Trinajstić information content (AvgIpc) is 3.11. The summed E-state index contributed by atoms with van der Waals surface area (Å²) in [6, 6.07) is 6.42. The molecule has 3 aromatic heterocycles. The normalized spacial score (nSPS) is 11.6. The van der Waals surface area contributed by atoms with E-state index < -0.39 is 10.0 Å². The molecule has 0 aliphatic heterocycles. The lowest BCUT2D eigenvalue weighted by Crippen LogP contribution is -2.12. The number of thiophene rings is 1. The fraction of sp³-hybridized carbons (Fsp3) is 0. The van der Waals surface area contributed by atoms with Crippen molar-refractivity contribution in [2.75, 3.05) is 4.72 Å². The van der Waals surface area contributed by atoms with Crippen molar-refractivity contribution < 1.29 is 17.4 Å². The molecule has 0 aromatic carbocycles. The SMILES string of the molecule is O=S(=O)(Nc1noc(-c2ccco2)n1)c1cccs1. The van der Waals surface area contributed by atoms with E-state index in [1.807, 2.05) is 0 Å². The molecule has 0 unspecified atom stereocenters. The molecule has 3 heterocycles. The second-order valence-corrected chi connectivity index (χ2v) is 6.29. The van der Waals surface area contributed by atoms with E-state index in [1.165, 1.54) is 12.3 Å². The van der Waals surface area contributed by atoms with Crippen LogP contribution in [0.1, 0.15) is 0 Å². The molecule has 0 saturated heterocycles. The van der Waals surface area contributed by atoms with Crippen LogP contribution in [-0.2, 0) is 10.0 Å². The van der Waals surface area contributed by atoms with Gasteiger partial charge >= 0.3 is 0 Å². The topological polar surface area (TPSA) is 98.2 Å². The highest BCUT2D eigenvalue weighted by molar-refractivity contribution is 7.94. The standard InChI is InChI=1S/C10H7N3O4S2/c14-19(15,8-4-2-6-18-8)13-10-11-9(17-12-10)7-3-1-5-16-7/h1-6H,(H,12,13). The third kappa shape index (κ3) is 2.37. The van der Waals surface area contributed by atoms with Crippen molar-refractivity contribution in [1.29, 1.82) is 0 Å². The summed E-state index contributed by atoms with van der Waals surface area (Å²) < 4.78 is 36.2. The highest BCUT2D eigenvalue weighted by Gasteiger charge is 2.19. The summed E-state index contributed by atoms with van der Waals surface area (Å²) in [5.74, 6) is 0.336. The second-order valence-electron chi connectivity index (χ2n) is 3.44. The Kier molecular flexibility index (Phi) is 2.84. The van der Waals surface area contributed by atoms with Crippen LogP contribution in [0.15, 0.2) is 49.1 Å². The van der Waals surface area contributed by atoms with Crippen LogP contribution in [0, 0.1) is 0 Å². The zero-order chi connectivity index (χ0) is 13.3. The number of aromatic nitrogens is 2. The Morgan fingerprint density at radius 2 is 2.16 bits per heavy atom. The maximum Gasteiger partial charge on any atom is 0.295 e. The lowest BCUT2D eigenvalue weighted by Gasteiger charge is -1.99. The lowest BCUT2D eigenvalue weighted by molar-refractivity contribution is 0.417. The molecule has 0 saturated carbocycles. The molecule has 19 heavy (non-hydrogen) atoms. The van der Waals surface area contributed by atoms with Crippen LogP contribution < -0.4 is 4.72 Å². The van der Waals surface area contributed by atoms with Crippen LogP contribution in [-0.4, -0.2) is 18.6 Å². The maximum absolute atomic E-state index is 11.9. The van der Waals surface area contributed by atoms with Crippen molar-refractivity contribution in [2.45, 2.75) is 4.21 Å². The van der Waals surface area contributed by atoms with Crippen LogP contribution >= 0.6 is 11.3 Å². The Bertz CT molecular complexity index is 760. The fourth-order valence-electron chi connectivity index (χ4n) is 1.35. The van der Waals surface area contributed by atoms with Crippen LogP contribution in [0.4, 0.5) is 5.95 Å². The van der Waals surface area contributed by atoms with E-state index in [2.05, 4.69) is 14.9 Å². The van der Waals surface area contributed by atoms with Crippen LogP contribution in [0.3, 0.4) is 0 Å². The van der Waals surface area contributed by atoms with Gasteiger partial charge in [-0.15, -0.1) is 11.3 Å². The summed E-state index contributed by atoms with van der Waals surface area (Å²) in [6.07, 6.45) is 1.45. The third-order valence-electron chi connectivity index (χ3n) is 2.14. The fourth-order valence-corrected chi connectivity index (χ4v) is 3.28. The molecule has 0 bridgehead atoms. The molecule has 0 amide bonds. The highest BCUT2D eigenvalue weighted by atomic mass is 32.2. The quantitative estimate of drug-likeness (QED) is 0.792. The Hall–Kier alpha value is -2.13. The number of nitrogens with zero attached hydrogens (tertiary/aromatic N) is 2. The van der Waals surface area contributed by atoms with Gasteiger partial charge in [0.1, 0.15) is 4.21 Å². The molecular weight excluding hydrogens is 290 g/mol. The molecule has 3 aromatic rings. The number of anilines is 1. The Morgan fingerprint density at radius 1 is 1.26 bits per heavy atom. The molecule has 7 nitrogen and oxygen atoms in total. The first-order valence-electron chi connectivity index (χ1n) is 5.09. The van der Waals surface area contributed by atoms with E-state index in [0.717, 1.165) is 11.3 Å². The van der Waals surface area contributed by atoms with Crippen LogP contribution in [0.2, 0.25) is 0 Å². The van der Waals surface area contributed by atoms with Gasteiger partial charge in [0.2, 0.25) is 0 Å². The van der Waals surface area contributed by atoms with Gasteiger partial charge in [-0.3, -0.25) is 0 Å². The largest absolute Gasteiger partial charge is 0.459 e. The molecular formula is C10H7N3O4S2. The van der Waals surface area contributed by atoms with Crippen molar-refractivity contribution in [1.82, 2.24) is 10.1 Å². The highest BCUT2D eigenvalue weighted by Crippen LogP contribution is 2.22. The van der Waals surface area contributed by atoms with Crippen LogP contribution in [0.5, 0.6) is 0 Å². The Balaban J connectivity index is 1.85. The van der Waals surface area contributed by atoms with Crippen molar-refractivity contribution >= 4 is 27.3 Å². The predicted molar refractivity (Wildman–Crippen MR) is 67.1 cm³/mol. The van der Waals surface area contributed by atoms with Crippen LogP contribution in [0.25, 0.3) is 11.7 Å². The predicted octanol–water partition coefficient (Wildman–Crippen LogP) is 2.19. The molecule has 0 aliphatic rings. The molecule has 0 radical (unpaired) electrons. The van der Waals surface area contributed by atoms with Gasteiger partial charge in [-0.05, 0) is 28.7 Å². The summed E-state index contributed by atoms with van der Waals surface area (Å²) in [7, 11) is -3.67. The molecule has 0 atom stereocenters. The minimum atomic E-state index is -3.67. The lowest BCUT2D eigenvalue weighted by atomic mass is 10.4. The molecule has 0 aliphatic carbocycles. The van der Waals surface area contributed by atoms with Crippen molar-refractivity contribution in [3.63, 3.8) is 0 Å². The molecule has 0 spiro atoms. The van der Waals surface area contributed by atoms with E-state index in [1.54, 1.807) is 23.6 Å². The van der Waals surface area contributed by atoms with E-state index in [4.69, 9.17) is 8.94 Å². The minimum absolute atomic E-state index is 0.105. The second kappa shape index (κ2) is 4.52. The Morgan fingerprint density at radius 3 is 2.84 bits per heavy atom. The smallest absolute Gasteiger partial charge is 0.295 e. The molecule has 0 fully saturated rings. The van der Waals surface area contributed by atoms with E-state index in [0.29, 0.717) is 5.76 Å². The monoisotopic (exact) mass is 297 g/mol. The van der Waals surface area contributed by atoms with Gasteiger partial charge in [-0.25, -0.2) is 13.1 Å². The zero-order valence-corrected chi connectivity index (χ0v) is 10.9. The summed E-state index contributed by atoms with van der Waals surface area (Å²) in [5, 5.41) is 5.20. The van der Waals surface area contributed by atoms with Crippen molar-refractivity contribution in [3.05, 3.63) is 35.9 Å². The molecule has 9 heteroatoms. The average molecular weight is 297 g/mol. The van der Waals surface area contributed by atoms with Crippen molar-refractivity contribution in [3.8, 4) is 11.7 Å². The number of rotatable bonds is 4. The van der Waals surface area contributed by atoms with E-state index >= 15 is 0 Å². The van der Waals surface area contributed by atoms with Gasteiger partial charge in [0.05, 0.1) is 6.26 Å². The third-order valence-corrected chi connectivity index (χ3v) is 4.87. The number of nitrogens with one attached hydrogen (secondary N) is 1. The van der Waals surface area contributed by atoms with E-state index in [9.17, 15) is 8.42 Å². The Labute approximate surface area is 111 Å². The number of hydrogen-bond acceptors (Lipinski definition) is 7. The first-order valence-corrected chi connectivity index (χ1v) is 7.45. The van der Waals surface area contributed by atoms with Gasteiger partial charge < -0.3 is 8.94 Å². The van der Waals surface area contributed by atoms with Crippen molar-refractivity contribution in [2.24, 2.45) is 0 Å². The van der Waals surface area contributed by atoms with Gasteiger partial charge in [-0.1, -0.05) is 6.07 Å². The first kappa shape index (κ1) is 11.9. The number of sulfonamides is 1. The summed E-state index contributed by atoms with van der Waals surface area (Å²) in [5.41, 5.74) is 0. The van der Waals surface area contributed by atoms with Gasteiger partial charge in [0.15, 0.2) is 5.76 Å². The molecule has 3 rings (SSSR count). The first-order chi connectivity index (χ1) is 9.15. The van der Waals surface area contributed by atoms with Gasteiger partial charge in [-0.2, -0.15) is 4.98 Å². The summed E-state index contributed by atoms with van der Waals surface area (Å²) in [6.45, 7) is 0. The number of furan rings is 1. The van der Waals surface area contributed by atoms with Gasteiger partial charge in [0, 0.05) is 0 Å². The molecule has 1 N–H and O–H groups in total. The molecule has 98 valence electrons. The van der Waals surface area contributed by atoms with E-state index in [-0.39, 0.29) is 16.0 Å². The maximum atomic E-state index is 11.9. The zero-order valence-electron chi connectivity index (χ0n) is 9.31. The minimum Gasteiger partial charge on any atom is -0.459 e.